The lowest BCUT2D eigenvalue weighted by atomic mass is 10.1. The molecule has 0 atom stereocenters. The van der Waals surface area contributed by atoms with Crippen LogP contribution in [0.3, 0.4) is 0 Å². The molecule has 1 fully saturated rings. The van der Waals surface area contributed by atoms with Crippen molar-refractivity contribution in [3.05, 3.63) is 65.2 Å². The number of hydrogen-bond donors (Lipinski definition) is 1. The zero-order valence-electron chi connectivity index (χ0n) is 14.7. The Bertz CT molecular complexity index is 990. The van der Waals surface area contributed by atoms with E-state index in [1.807, 2.05) is 12.1 Å². The summed E-state index contributed by atoms with van der Waals surface area (Å²) in [6.07, 6.45) is 0. The highest BCUT2D eigenvalue weighted by Gasteiger charge is 2.30. The van der Waals surface area contributed by atoms with Gasteiger partial charge in [-0.1, -0.05) is 24.3 Å². The number of carbonyl (C=O) groups excluding carboxylic acids is 1. The first-order valence-corrected chi connectivity index (χ1v) is 9.96. The zero-order valence-corrected chi connectivity index (χ0v) is 15.5. The van der Waals surface area contributed by atoms with Crippen molar-refractivity contribution in [2.24, 2.45) is 5.73 Å². The van der Waals surface area contributed by atoms with Gasteiger partial charge in [-0.3, -0.25) is 9.69 Å². The van der Waals surface area contributed by atoms with Crippen LogP contribution in [-0.2, 0) is 16.6 Å². The molecule has 1 amide bonds. The number of benzene rings is 2. The van der Waals surface area contributed by atoms with E-state index < -0.39 is 15.9 Å². The second-order valence-electron chi connectivity index (χ2n) is 6.35. The topological polar surface area (TPSA) is 108 Å². The Balaban J connectivity index is 1.68. The van der Waals surface area contributed by atoms with Crippen LogP contribution in [0.1, 0.15) is 21.5 Å². The van der Waals surface area contributed by atoms with Gasteiger partial charge >= 0.3 is 0 Å². The van der Waals surface area contributed by atoms with Gasteiger partial charge in [0.25, 0.3) is 0 Å². The van der Waals surface area contributed by atoms with Crippen LogP contribution < -0.4 is 5.73 Å². The van der Waals surface area contributed by atoms with Gasteiger partial charge in [0.2, 0.25) is 15.9 Å². The third-order valence-electron chi connectivity index (χ3n) is 4.57. The first-order valence-electron chi connectivity index (χ1n) is 8.52. The van der Waals surface area contributed by atoms with Gasteiger partial charge in [0.05, 0.1) is 10.5 Å². The molecular formula is C19H20N4O3S. The number of nitriles is 1. The van der Waals surface area contributed by atoms with Crippen LogP contribution in [0, 0.1) is 11.3 Å². The van der Waals surface area contributed by atoms with E-state index in [9.17, 15) is 18.5 Å². The van der Waals surface area contributed by atoms with Crippen molar-refractivity contribution in [3.63, 3.8) is 0 Å². The molecule has 0 spiro atoms. The predicted molar refractivity (Wildman–Crippen MR) is 100 cm³/mol. The molecule has 1 aliphatic heterocycles. The number of primary amides is 1. The normalized spacial score (nSPS) is 16.0. The molecule has 1 aliphatic rings. The molecule has 0 saturated carbocycles. The lowest BCUT2D eigenvalue weighted by Gasteiger charge is -2.34. The van der Waals surface area contributed by atoms with E-state index in [1.165, 1.54) is 16.4 Å². The Morgan fingerprint density at radius 1 is 1.07 bits per heavy atom. The highest BCUT2D eigenvalue weighted by atomic mass is 32.2. The van der Waals surface area contributed by atoms with Crippen molar-refractivity contribution >= 4 is 15.9 Å². The number of piperazine rings is 1. The molecule has 2 aromatic carbocycles. The molecule has 0 bridgehead atoms. The average molecular weight is 384 g/mol. The lowest BCUT2D eigenvalue weighted by molar-refractivity contribution is 0.1000. The van der Waals surface area contributed by atoms with Crippen molar-refractivity contribution in [2.45, 2.75) is 11.4 Å². The Hall–Kier alpha value is -2.73. The fraction of sp³-hybridized carbons (Fsp3) is 0.263. The quantitative estimate of drug-likeness (QED) is 0.832. The molecule has 7 nitrogen and oxygen atoms in total. The number of hydrogen-bond acceptors (Lipinski definition) is 5. The second kappa shape index (κ2) is 7.88. The minimum absolute atomic E-state index is 0.0510. The molecule has 0 unspecified atom stereocenters. The first kappa shape index (κ1) is 19.0. The van der Waals surface area contributed by atoms with Crippen molar-refractivity contribution < 1.29 is 13.2 Å². The molecule has 3 rings (SSSR count). The number of nitrogens with zero attached hydrogens (tertiary/aromatic N) is 3. The molecule has 0 radical (unpaired) electrons. The fourth-order valence-electron chi connectivity index (χ4n) is 3.13. The summed E-state index contributed by atoms with van der Waals surface area (Å²) in [5, 5.41) is 9.17. The third-order valence-corrected chi connectivity index (χ3v) is 6.53. The number of nitrogens with two attached hydrogens (primary N) is 1. The highest BCUT2D eigenvalue weighted by Crippen LogP contribution is 2.21. The summed E-state index contributed by atoms with van der Waals surface area (Å²) in [5.41, 5.74) is 6.88. The van der Waals surface area contributed by atoms with E-state index in [4.69, 9.17) is 5.73 Å². The van der Waals surface area contributed by atoms with Gasteiger partial charge in [0, 0.05) is 38.3 Å². The minimum Gasteiger partial charge on any atom is -0.366 e. The van der Waals surface area contributed by atoms with Crippen LogP contribution in [0.5, 0.6) is 0 Å². The summed E-state index contributed by atoms with van der Waals surface area (Å²) in [6.45, 7) is 2.43. The molecule has 2 aromatic rings. The second-order valence-corrected chi connectivity index (χ2v) is 8.26. The van der Waals surface area contributed by atoms with Crippen molar-refractivity contribution in [2.75, 3.05) is 26.2 Å². The van der Waals surface area contributed by atoms with Crippen molar-refractivity contribution in [1.82, 2.24) is 9.21 Å². The maximum Gasteiger partial charge on any atom is 0.248 e. The first-order chi connectivity index (χ1) is 12.9. The molecule has 0 aromatic heterocycles. The number of amides is 1. The SMILES string of the molecule is N#Cc1ccccc1S(=O)(=O)N1CCN(Cc2cccc(C(N)=O)c2)CC1. The Morgan fingerprint density at radius 3 is 2.44 bits per heavy atom. The summed E-state index contributed by atoms with van der Waals surface area (Å²) in [6, 6.07) is 15.3. The van der Waals surface area contributed by atoms with Crippen LogP contribution in [0.2, 0.25) is 0 Å². The van der Waals surface area contributed by atoms with E-state index in [-0.39, 0.29) is 10.5 Å². The number of rotatable bonds is 5. The summed E-state index contributed by atoms with van der Waals surface area (Å²) in [5.74, 6) is -0.469. The maximum absolute atomic E-state index is 12.9. The lowest BCUT2D eigenvalue weighted by Crippen LogP contribution is -2.48. The summed E-state index contributed by atoms with van der Waals surface area (Å²) in [4.78, 5) is 13.5. The van der Waals surface area contributed by atoms with E-state index in [2.05, 4.69) is 4.90 Å². The fourth-order valence-corrected chi connectivity index (χ4v) is 4.70. The Kier molecular flexibility index (Phi) is 5.56. The van der Waals surface area contributed by atoms with Crippen molar-refractivity contribution in [1.29, 1.82) is 5.26 Å². The zero-order chi connectivity index (χ0) is 19.4. The molecule has 0 aliphatic carbocycles. The summed E-state index contributed by atoms with van der Waals surface area (Å²) < 4.78 is 27.1. The summed E-state index contributed by atoms with van der Waals surface area (Å²) >= 11 is 0. The monoisotopic (exact) mass is 384 g/mol. The van der Waals surface area contributed by atoms with Gasteiger partial charge in [0.1, 0.15) is 6.07 Å². The van der Waals surface area contributed by atoms with Gasteiger partial charge in [-0.2, -0.15) is 9.57 Å². The van der Waals surface area contributed by atoms with E-state index in [0.29, 0.717) is 38.3 Å². The van der Waals surface area contributed by atoms with Gasteiger partial charge in [-0.15, -0.1) is 0 Å². The highest BCUT2D eigenvalue weighted by molar-refractivity contribution is 7.89. The average Bonchev–Trinajstić information content (AvgIpc) is 2.68. The molecular weight excluding hydrogens is 364 g/mol. The molecule has 1 saturated heterocycles. The molecule has 27 heavy (non-hydrogen) atoms. The van der Waals surface area contributed by atoms with Gasteiger partial charge in [0.15, 0.2) is 0 Å². The molecule has 1 heterocycles. The van der Waals surface area contributed by atoms with Gasteiger partial charge in [-0.05, 0) is 29.8 Å². The van der Waals surface area contributed by atoms with Gasteiger partial charge < -0.3 is 5.73 Å². The van der Waals surface area contributed by atoms with E-state index >= 15 is 0 Å². The number of carbonyl (C=O) groups is 1. The predicted octanol–water partition coefficient (Wildman–Crippen LogP) is 1.16. The van der Waals surface area contributed by atoms with Gasteiger partial charge in [-0.25, -0.2) is 8.42 Å². The largest absolute Gasteiger partial charge is 0.366 e. The smallest absolute Gasteiger partial charge is 0.248 e. The Labute approximate surface area is 158 Å². The van der Waals surface area contributed by atoms with E-state index in [0.717, 1.165) is 5.56 Å². The minimum atomic E-state index is -3.70. The van der Waals surface area contributed by atoms with E-state index in [1.54, 1.807) is 30.3 Å². The maximum atomic E-state index is 12.9. The van der Waals surface area contributed by atoms with Crippen LogP contribution in [0.25, 0.3) is 0 Å². The summed E-state index contributed by atoms with van der Waals surface area (Å²) in [7, 11) is -3.70. The third kappa shape index (κ3) is 4.17. The van der Waals surface area contributed by atoms with Crippen LogP contribution in [0.15, 0.2) is 53.4 Å². The number of sulfonamides is 1. The van der Waals surface area contributed by atoms with Crippen LogP contribution >= 0.6 is 0 Å². The van der Waals surface area contributed by atoms with Crippen LogP contribution in [-0.4, -0.2) is 49.7 Å². The van der Waals surface area contributed by atoms with Crippen molar-refractivity contribution in [3.8, 4) is 6.07 Å². The molecule has 2 N–H and O–H groups in total. The molecule has 8 heteroatoms. The van der Waals surface area contributed by atoms with Crippen LogP contribution in [0.4, 0.5) is 0 Å². The molecule has 140 valence electrons. The Morgan fingerprint density at radius 2 is 1.78 bits per heavy atom. The standard InChI is InChI=1S/C19H20N4O3S/c20-13-17-5-1-2-7-18(17)27(25,26)23-10-8-22(9-11-23)14-15-4-3-6-16(12-15)19(21)24/h1-7,12H,8-11,14H2,(H2,21,24).